The van der Waals surface area contributed by atoms with E-state index in [2.05, 4.69) is 10.2 Å². The van der Waals surface area contributed by atoms with E-state index in [0.717, 1.165) is 50.3 Å². The van der Waals surface area contributed by atoms with Gasteiger partial charge in [-0.25, -0.2) is 0 Å². The van der Waals surface area contributed by atoms with Gasteiger partial charge in [0, 0.05) is 31.6 Å². The van der Waals surface area contributed by atoms with Crippen LogP contribution < -0.4 is 5.32 Å². The molecule has 2 saturated heterocycles. The van der Waals surface area contributed by atoms with Crippen LogP contribution in [0, 0.1) is 6.92 Å². The number of piperidine rings is 1. The normalized spacial score (nSPS) is 25.9. The van der Waals surface area contributed by atoms with Crippen molar-refractivity contribution < 1.29 is 23.8 Å². The molecule has 2 atom stereocenters. The number of benzene rings is 1. The maximum absolute atomic E-state index is 13.0. The molecule has 1 amide bonds. The number of carbonyl (C=O) groups is 1. The van der Waals surface area contributed by atoms with E-state index in [1.54, 1.807) is 6.07 Å². The van der Waals surface area contributed by atoms with Crippen LogP contribution >= 0.6 is 0 Å². The lowest BCUT2D eigenvalue weighted by molar-refractivity contribution is -0.183. The third-order valence-electron chi connectivity index (χ3n) is 6.09. The molecule has 0 spiro atoms. The van der Waals surface area contributed by atoms with Crippen molar-refractivity contribution in [3.8, 4) is 0 Å². The second-order valence-electron chi connectivity index (χ2n) is 8.10. The second kappa shape index (κ2) is 9.31. The Hall–Kier alpha value is -2.19. The number of amides is 1. The average Bonchev–Trinajstić information content (AvgIpc) is 3.21. The molecule has 3 heterocycles. The summed E-state index contributed by atoms with van der Waals surface area (Å²) < 4.78 is 16.6. The number of hydrogen-bond acceptors (Lipinski definition) is 6. The van der Waals surface area contributed by atoms with Gasteiger partial charge < -0.3 is 29.2 Å². The molecule has 0 aliphatic carbocycles. The maximum Gasteiger partial charge on any atom is 0.288 e. The highest BCUT2D eigenvalue weighted by Crippen LogP contribution is 2.34. The molecule has 162 valence electrons. The number of hydrogen-bond donors (Lipinski definition) is 2. The molecule has 30 heavy (non-hydrogen) atoms. The number of furan rings is 1. The number of rotatable bonds is 6. The summed E-state index contributed by atoms with van der Waals surface area (Å²) in [6.07, 6.45) is 2.87. The highest BCUT2D eigenvalue weighted by molar-refractivity contribution is 5.93. The minimum Gasteiger partial charge on any atom is -0.459 e. The first kappa shape index (κ1) is 21.1. The highest BCUT2D eigenvalue weighted by Gasteiger charge is 2.45. The van der Waals surface area contributed by atoms with Gasteiger partial charge >= 0.3 is 0 Å². The summed E-state index contributed by atoms with van der Waals surface area (Å²) in [5, 5.41) is 14.4. The fourth-order valence-electron chi connectivity index (χ4n) is 4.34. The Bertz CT molecular complexity index is 833. The first-order valence-electron chi connectivity index (χ1n) is 10.6. The van der Waals surface area contributed by atoms with Crippen molar-refractivity contribution in [3.63, 3.8) is 0 Å². The molecule has 2 aliphatic rings. The van der Waals surface area contributed by atoms with Gasteiger partial charge in [0.25, 0.3) is 5.91 Å². The first-order valence-corrected chi connectivity index (χ1v) is 10.6. The summed E-state index contributed by atoms with van der Waals surface area (Å²) in [5.74, 6) is -0.0237. The van der Waals surface area contributed by atoms with Crippen molar-refractivity contribution >= 4 is 5.91 Å². The van der Waals surface area contributed by atoms with Crippen LogP contribution in [0.4, 0.5) is 0 Å². The van der Waals surface area contributed by atoms with Crippen molar-refractivity contribution in [1.82, 2.24) is 10.2 Å². The number of aryl methyl sites for hydroxylation is 1. The third-order valence-corrected chi connectivity index (χ3v) is 6.09. The molecule has 2 aliphatic heterocycles. The lowest BCUT2D eigenvalue weighted by Crippen LogP contribution is -2.62. The van der Waals surface area contributed by atoms with Crippen LogP contribution in [0.1, 0.15) is 40.9 Å². The van der Waals surface area contributed by atoms with Crippen LogP contribution in [-0.4, -0.2) is 61.2 Å². The van der Waals surface area contributed by atoms with Crippen molar-refractivity contribution in [2.75, 3.05) is 32.8 Å². The minimum absolute atomic E-state index is 0.168. The number of carbonyl (C=O) groups excluding carboxylic acids is 1. The summed E-state index contributed by atoms with van der Waals surface area (Å²) in [4.78, 5) is 15.2. The number of ether oxygens (including phenoxy) is 2. The zero-order chi connectivity index (χ0) is 21.0. The van der Waals surface area contributed by atoms with Gasteiger partial charge in [-0.05, 0) is 31.4 Å². The van der Waals surface area contributed by atoms with Crippen molar-refractivity contribution in [1.29, 1.82) is 0 Å². The number of aliphatic hydroxyl groups excluding tert-OH is 1. The van der Waals surface area contributed by atoms with Gasteiger partial charge in [-0.2, -0.15) is 0 Å². The standard InChI is InChI=1S/C23H30N2O5/c1-17-9-15-30-21(17)22(27)24-23(18-6-3-2-4-7-18)10-12-25(16-19(23)26)11-8-20-28-13-5-14-29-20/h2-4,6-7,9,15,19-20,26H,5,8,10-14,16H2,1H3,(H,24,27)/t19-,23-/m1/s1. The van der Waals surface area contributed by atoms with Gasteiger partial charge in [0.05, 0.1) is 31.1 Å². The molecule has 0 unspecified atom stereocenters. The van der Waals surface area contributed by atoms with E-state index in [9.17, 15) is 9.90 Å². The molecule has 2 aromatic rings. The maximum atomic E-state index is 13.0. The summed E-state index contributed by atoms with van der Waals surface area (Å²) in [7, 11) is 0. The van der Waals surface area contributed by atoms with Crippen LogP contribution in [0.5, 0.6) is 0 Å². The van der Waals surface area contributed by atoms with Crippen molar-refractivity contribution in [3.05, 3.63) is 59.5 Å². The van der Waals surface area contributed by atoms with E-state index in [1.807, 2.05) is 37.3 Å². The number of nitrogens with zero attached hydrogens (tertiary/aromatic N) is 1. The lowest BCUT2D eigenvalue weighted by Gasteiger charge is -2.46. The predicted molar refractivity (Wildman–Crippen MR) is 111 cm³/mol. The lowest BCUT2D eigenvalue weighted by atomic mass is 9.78. The molecule has 7 nitrogen and oxygen atoms in total. The van der Waals surface area contributed by atoms with Crippen LogP contribution in [0.25, 0.3) is 0 Å². The smallest absolute Gasteiger partial charge is 0.288 e. The van der Waals surface area contributed by atoms with Crippen molar-refractivity contribution in [2.45, 2.75) is 44.1 Å². The van der Waals surface area contributed by atoms with Crippen LogP contribution in [0.15, 0.2) is 47.1 Å². The number of nitrogens with one attached hydrogen (secondary N) is 1. The van der Waals surface area contributed by atoms with Crippen molar-refractivity contribution in [2.24, 2.45) is 0 Å². The van der Waals surface area contributed by atoms with Gasteiger partial charge in [0.2, 0.25) is 0 Å². The number of likely N-dealkylation sites (tertiary alicyclic amines) is 1. The molecule has 1 aromatic heterocycles. The molecule has 0 bridgehead atoms. The van der Waals surface area contributed by atoms with Gasteiger partial charge in [-0.1, -0.05) is 30.3 Å². The van der Waals surface area contributed by atoms with E-state index in [0.29, 0.717) is 13.0 Å². The Balaban J connectivity index is 1.48. The van der Waals surface area contributed by atoms with Gasteiger partial charge in [0.15, 0.2) is 12.1 Å². The highest BCUT2D eigenvalue weighted by atomic mass is 16.7. The Morgan fingerprint density at radius 1 is 1.23 bits per heavy atom. The summed E-state index contributed by atoms with van der Waals surface area (Å²) >= 11 is 0. The van der Waals surface area contributed by atoms with Crippen LogP contribution in [-0.2, 0) is 15.0 Å². The molecular weight excluding hydrogens is 384 g/mol. The molecule has 1 aromatic carbocycles. The minimum atomic E-state index is -0.869. The predicted octanol–water partition coefficient (Wildman–Crippen LogP) is 2.43. The number of β-amino-alcohol motifs (C(OH)–C–C–N with tert-alkyl or cyclic N) is 1. The Morgan fingerprint density at radius 3 is 2.67 bits per heavy atom. The second-order valence-corrected chi connectivity index (χ2v) is 8.10. The van der Waals surface area contributed by atoms with Gasteiger partial charge in [0.1, 0.15) is 0 Å². The van der Waals surface area contributed by atoms with E-state index < -0.39 is 11.6 Å². The summed E-state index contributed by atoms with van der Waals surface area (Å²) in [6.45, 7) is 5.29. The molecule has 7 heteroatoms. The zero-order valence-electron chi connectivity index (χ0n) is 17.4. The van der Waals surface area contributed by atoms with E-state index >= 15 is 0 Å². The summed E-state index contributed by atoms with van der Waals surface area (Å²) in [5.41, 5.74) is 0.801. The van der Waals surface area contributed by atoms with E-state index in [-0.39, 0.29) is 18.0 Å². The Kier molecular flexibility index (Phi) is 6.53. The zero-order valence-corrected chi connectivity index (χ0v) is 17.4. The Labute approximate surface area is 177 Å². The third kappa shape index (κ3) is 4.44. The molecule has 4 rings (SSSR count). The molecule has 2 fully saturated rings. The molecule has 2 N–H and O–H groups in total. The molecule has 0 radical (unpaired) electrons. The fraction of sp³-hybridized carbons (Fsp3) is 0.522. The Morgan fingerprint density at radius 2 is 2.00 bits per heavy atom. The summed E-state index contributed by atoms with van der Waals surface area (Å²) in [6, 6.07) is 11.5. The largest absolute Gasteiger partial charge is 0.459 e. The van der Waals surface area contributed by atoms with Crippen LogP contribution in [0.2, 0.25) is 0 Å². The fourth-order valence-corrected chi connectivity index (χ4v) is 4.34. The van der Waals surface area contributed by atoms with Gasteiger partial charge in [-0.15, -0.1) is 0 Å². The molecule has 0 saturated carbocycles. The van der Waals surface area contributed by atoms with E-state index in [1.165, 1.54) is 6.26 Å². The average molecular weight is 415 g/mol. The molecular formula is C23H30N2O5. The monoisotopic (exact) mass is 414 g/mol. The SMILES string of the molecule is Cc1ccoc1C(=O)N[C@@]1(c2ccccc2)CCN(CCC2OCCCO2)C[C@H]1O. The first-order chi connectivity index (χ1) is 14.6. The van der Waals surface area contributed by atoms with E-state index in [4.69, 9.17) is 13.9 Å². The van der Waals surface area contributed by atoms with Gasteiger partial charge in [-0.3, -0.25) is 4.79 Å². The number of aliphatic hydroxyl groups is 1. The quantitative estimate of drug-likeness (QED) is 0.755. The topological polar surface area (TPSA) is 84.2 Å². The van der Waals surface area contributed by atoms with Crippen LogP contribution in [0.3, 0.4) is 0 Å².